The third-order valence-electron chi connectivity index (χ3n) is 9.89. The largest absolute Gasteiger partial charge is 0.480 e. The first-order valence-electron chi connectivity index (χ1n) is 22.0. The van der Waals surface area contributed by atoms with Gasteiger partial charge in [-0.05, 0) is 82.3 Å². The van der Waals surface area contributed by atoms with Crippen LogP contribution in [0, 0.1) is 11.8 Å². The Morgan fingerprint density at radius 3 is 1.52 bits per heavy atom. The van der Waals surface area contributed by atoms with Crippen molar-refractivity contribution in [3.63, 3.8) is 0 Å². The second kappa shape index (κ2) is 33.8. The zero-order chi connectivity index (χ0) is 51.4. The van der Waals surface area contributed by atoms with Gasteiger partial charge in [0.1, 0.15) is 48.3 Å². The first-order valence-corrected chi connectivity index (χ1v) is 24.6. The maximum atomic E-state index is 14.1. The number of hydrogen-bond donors (Lipinski definition) is 16. The maximum absolute atomic E-state index is 14.1. The summed E-state index contributed by atoms with van der Waals surface area (Å²) in [6, 6.07) is -11.3. The molecule has 0 heterocycles. The van der Waals surface area contributed by atoms with Crippen LogP contribution in [0.5, 0.6) is 0 Å². The van der Waals surface area contributed by atoms with Gasteiger partial charge in [-0.1, -0.05) is 27.7 Å². The van der Waals surface area contributed by atoms with Gasteiger partial charge >= 0.3 is 5.97 Å². The lowest BCUT2D eigenvalue weighted by molar-refractivity contribution is -0.142. The molecule has 0 radical (unpaired) electrons. The van der Waals surface area contributed by atoms with Gasteiger partial charge in [0.15, 0.2) is 5.96 Å². The number of aliphatic carboxylic acids is 1. The van der Waals surface area contributed by atoms with Crippen molar-refractivity contribution in [1.29, 1.82) is 0 Å². The number of aliphatic hydroxyl groups is 1. The van der Waals surface area contributed by atoms with Crippen molar-refractivity contribution in [2.75, 3.05) is 43.2 Å². The number of unbranched alkanes of at least 4 members (excludes halogenated alkanes) is 1. The zero-order valence-electron chi connectivity index (χ0n) is 39.2. The Labute approximate surface area is 407 Å². The number of carboxylic acid groups (broad SMARTS) is 1. The SMILES string of the molecule is CSCC[C@H](NC(=O)[C@H](CCCCN)NC(=O)[C@H](CO)NC(=O)[C@H](C)NC(=O)[C@@H](N)CS)C(=O)N[C@@H](CCCN=C(N)N)C(=O)N[C@@H](CC(C)C)C(=O)N[C@H](C(=O)N[C@@H](CS)C(=O)O)C(C)C. The van der Waals surface area contributed by atoms with Gasteiger partial charge in [-0.15, -0.1) is 0 Å². The number of carbonyl (C=O) groups is 9. The molecule has 384 valence electrons. The normalized spacial score (nSPS) is 15.2. The highest BCUT2D eigenvalue weighted by Crippen LogP contribution is 2.12. The lowest BCUT2D eigenvalue weighted by Gasteiger charge is -2.29. The van der Waals surface area contributed by atoms with Crippen LogP contribution in [0.2, 0.25) is 0 Å². The Kier molecular flexibility index (Phi) is 31.5. The van der Waals surface area contributed by atoms with Gasteiger partial charge in [-0.25, -0.2) is 4.79 Å². The highest BCUT2D eigenvalue weighted by Gasteiger charge is 2.35. The zero-order valence-corrected chi connectivity index (χ0v) is 41.8. The van der Waals surface area contributed by atoms with E-state index in [-0.39, 0.29) is 68.6 Å². The fraction of sp³-hybridized carbons (Fsp3) is 0.750. The molecule has 0 unspecified atom stereocenters. The van der Waals surface area contributed by atoms with Crippen LogP contribution in [0.4, 0.5) is 0 Å². The molecule has 0 aliphatic carbocycles. The average Bonchev–Trinajstić information content (AvgIpc) is 3.26. The highest BCUT2D eigenvalue weighted by molar-refractivity contribution is 7.98. The van der Waals surface area contributed by atoms with Crippen molar-refractivity contribution in [2.24, 2.45) is 39.8 Å². The molecule has 0 saturated carbocycles. The van der Waals surface area contributed by atoms with Crippen LogP contribution >= 0.6 is 37.0 Å². The standard InChI is InChI=1S/C40H75N13O11S3/c1-20(2)16-27(36(60)53-30(21(3)4)38(62)52-29(19-66)39(63)64)50-34(58)25(11-9-14-45-40(43)44)47-35(59)26(12-15-67-6)49-33(57)24(10-7-8-13-41)48-37(61)28(17-54)51-31(55)22(5)46-32(56)23(42)18-65/h20-30,54,65-66H,7-19,41-42H2,1-6H3,(H,46,56)(H,47,59)(H,48,61)(H,49,57)(H,50,58)(H,51,55)(H,52,62)(H,53,60)(H,63,64)(H4,43,44,45)/t22-,23-,24-,25-,26-,27-,28-,29-,30-/m0/s1. The Balaban J connectivity index is 6.58. The summed E-state index contributed by atoms with van der Waals surface area (Å²) in [7, 11) is 0. The number of amides is 8. The molecular formula is C40H75N13O11S3. The molecule has 0 aromatic carbocycles. The number of nitrogens with zero attached hydrogens (tertiary/aromatic N) is 1. The van der Waals surface area contributed by atoms with Gasteiger partial charge in [0.05, 0.1) is 12.6 Å². The third-order valence-corrected chi connectivity index (χ3v) is 11.3. The summed E-state index contributed by atoms with van der Waals surface area (Å²) in [4.78, 5) is 123. The number of thiol groups is 2. The first kappa shape index (κ1) is 62.4. The van der Waals surface area contributed by atoms with Gasteiger partial charge in [0, 0.05) is 18.1 Å². The number of hydrogen-bond acceptors (Lipinski definition) is 16. The summed E-state index contributed by atoms with van der Waals surface area (Å²) < 4.78 is 0. The Morgan fingerprint density at radius 2 is 1.07 bits per heavy atom. The topological polar surface area (TPSA) is 407 Å². The van der Waals surface area contributed by atoms with Crippen molar-refractivity contribution in [2.45, 2.75) is 134 Å². The Morgan fingerprint density at radius 1 is 0.597 bits per heavy atom. The summed E-state index contributed by atoms with van der Waals surface area (Å²) in [5.41, 5.74) is 22.3. The number of aliphatic hydroxyl groups excluding tert-OH is 1. The van der Waals surface area contributed by atoms with Crippen LogP contribution in [0.15, 0.2) is 4.99 Å². The van der Waals surface area contributed by atoms with Gasteiger partial charge < -0.3 is 75.7 Å². The van der Waals surface area contributed by atoms with E-state index in [9.17, 15) is 53.4 Å². The van der Waals surface area contributed by atoms with E-state index in [1.54, 1.807) is 34.0 Å². The quantitative estimate of drug-likeness (QED) is 0.0126. The van der Waals surface area contributed by atoms with Crippen LogP contribution in [0.3, 0.4) is 0 Å². The number of thioether (sulfide) groups is 1. The van der Waals surface area contributed by atoms with Crippen LogP contribution in [0.25, 0.3) is 0 Å². The minimum atomic E-state index is -1.55. The van der Waals surface area contributed by atoms with Gasteiger partial charge in [0.2, 0.25) is 47.3 Å². The van der Waals surface area contributed by atoms with E-state index in [0.29, 0.717) is 18.6 Å². The number of nitrogens with two attached hydrogens (primary N) is 4. The van der Waals surface area contributed by atoms with E-state index in [2.05, 4.69) is 72.8 Å². The number of carbonyl (C=O) groups excluding carboxylic acids is 8. The number of rotatable bonds is 34. The van der Waals surface area contributed by atoms with Gasteiger partial charge in [-0.3, -0.25) is 43.3 Å². The number of aliphatic imine (C=N–C) groups is 1. The molecule has 18 N–H and O–H groups in total. The molecule has 27 heteroatoms. The molecule has 0 aliphatic rings. The molecule has 24 nitrogen and oxygen atoms in total. The predicted octanol–water partition coefficient (Wildman–Crippen LogP) is -4.21. The van der Waals surface area contributed by atoms with Crippen LogP contribution < -0.4 is 65.5 Å². The van der Waals surface area contributed by atoms with Gasteiger partial charge in [0.25, 0.3) is 0 Å². The van der Waals surface area contributed by atoms with Crippen molar-refractivity contribution < 1.29 is 53.4 Å². The maximum Gasteiger partial charge on any atom is 0.327 e. The predicted molar refractivity (Wildman–Crippen MR) is 262 cm³/mol. The van der Waals surface area contributed by atoms with E-state index in [4.69, 9.17) is 22.9 Å². The molecule has 0 rings (SSSR count). The van der Waals surface area contributed by atoms with Crippen molar-refractivity contribution in [1.82, 2.24) is 42.5 Å². The van der Waals surface area contributed by atoms with Crippen LogP contribution in [0.1, 0.15) is 79.6 Å². The van der Waals surface area contributed by atoms with Crippen molar-refractivity contribution in [3.8, 4) is 0 Å². The summed E-state index contributed by atoms with van der Waals surface area (Å²) in [5.74, 6) is -8.38. The van der Waals surface area contributed by atoms with Crippen LogP contribution in [-0.2, 0) is 43.2 Å². The first-order chi connectivity index (χ1) is 31.5. The third kappa shape index (κ3) is 24.9. The summed E-state index contributed by atoms with van der Waals surface area (Å²) >= 11 is 9.30. The number of nitrogens with one attached hydrogen (secondary N) is 8. The lowest BCUT2D eigenvalue weighted by Crippen LogP contribution is -2.61. The fourth-order valence-corrected chi connectivity index (χ4v) is 6.91. The van der Waals surface area contributed by atoms with E-state index in [1.807, 2.05) is 0 Å². The minimum Gasteiger partial charge on any atom is -0.480 e. The van der Waals surface area contributed by atoms with E-state index < -0.39 is 120 Å². The second-order valence-corrected chi connectivity index (χ2v) is 18.2. The summed E-state index contributed by atoms with van der Waals surface area (Å²) in [6.45, 7) is 7.67. The molecule has 0 spiro atoms. The molecule has 9 atom stereocenters. The van der Waals surface area contributed by atoms with Crippen molar-refractivity contribution >= 4 is 96.2 Å². The average molecular weight is 1010 g/mol. The van der Waals surface area contributed by atoms with Gasteiger partial charge in [-0.2, -0.15) is 37.0 Å². The number of carboxylic acids is 1. The Hall–Kier alpha value is -4.57. The molecule has 0 aromatic heterocycles. The molecule has 0 bridgehead atoms. The monoisotopic (exact) mass is 1010 g/mol. The molecule has 8 amide bonds. The molecular weight excluding hydrogens is 935 g/mol. The van der Waals surface area contributed by atoms with E-state index in [1.165, 1.54) is 18.7 Å². The molecule has 0 saturated heterocycles. The van der Waals surface area contributed by atoms with E-state index in [0.717, 1.165) is 0 Å². The summed E-state index contributed by atoms with van der Waals surface area (Å²) in [5, 5.41) is 39.7. The number of guanidine groups is 1. The molecule has 67 heavy (non-hydrogen) atoms. The molecule has 0 fully saturated rings. The highest BCUT2D eigenvalue weighted by atomic mass is 32.2. The molecule has 0 aromatic rings. The van der Waals surface area contributed by atoms with Crippen LogP contribution in [-0.4, -0.2) is 167 Å². The second-order valence-electron chi connectivity index (χ2n) is 16.5. The minimum absolute atomic E-state index is 0.00593. The van der Waals surface area contributed by atoms with Crippen molar-refractivity contribution in [3.05, 3.63) is 0 Å². The fourth-order valence-electron chi connectivity index (χ4n) is 6.03. The Bertz CT molecular complexity index is 1660. The molecule has 0 aliphatic heterocycles. The smallest absolute Gasteiger partial charge is 0.327 e. The summed E-state index contributed by atoms with van der Waals surface area (Å²) in [6.07, 6.45) is 2.92. The lowest BCUT2D eigenvalue weighted by atomic mass is 9.99. The van der Waals surface area contributed by atoms with E-state index >= 15 is 0 Å².